The number of hydrogen-bond acceptors (Lipinski definition) is 6. The number of esters is 2. The highest BCUT2D eigenvalue weighted by molar-refractivity contribution is 8.11. The van der Waals surface area contributed by atoms with Crippen LogP contribution in [0.3, 0.4) is 0 Å². The van der Waals surface area contributed by atoms with Crippen LogP contribution in [0.2, 0.25) is 0 Å². The fourth-order valence-electron chi connectivity index (χ4n) is 5.15. The molecule has 1 heterocycles. The monoisotopic (exact) mass is 600 g/mol. The SMILES string of the molecule is CCOC(=O)C(C(=O)OCC)C(C)(C)C(CC(C)C)N1CCCC1=O.S=C(S)N(c1ccccc1)c1ccccc1. The van der Waals surface area contributed by atoms with E-state index in [4.69, 9.17) is 21.7 Å². The van der Waals surface area contributed by atoms with Gasteiger partial charge in [-0.1, -0.05) is 76.3 Å². The number of nitrogens with zero attached hydrogens (tertiary/aromatic N) is 2. The summed E-state index contributed by atoms with van der Waals surface area (Å²) in [4.78, 5) is 41.3. The van der Waals surface area contributed by atoms with Crippen molar-refractivity contribution in [2.24, 2.45) is 17.3 Å². The topological polar surface area (TPSA) is 76.2 Å². The third-order valence-corrected chi connectivity index (χ3v) is 7.43. The second-order valence-corrected chi connectivity index (χ2v) is 12.0. The minimum Gasteiger partial charge on any atom is -0.465 e. The molecular weight excluding hydrogens is 556 g/mol. The molecular formula is C32H44N2O5S2. The lowest BCUT2D eigenvalue weighted by Gasteiger charge is -2.44. The molecule has 7 nitrogen and oxygen atoms in total. The Bertz CT molecular complexity index is 1080. The van der Waals surface area contributed by atoms with Gasteiger partial charge in [0.05, 0.1) is 13.2 Å². The van der Waals surface area contributed by atoms with Crippen LogP contribution in [0.25, 0.3) is 0 Å². The standard InChI is InChI=1S/C19H33NO5.C13H11NS2/c1-7-24-17(22)16(18(23)25-8-2)19(5,6)14(12-13(3)4)20-11-9-10-15(20)21;15-13(16)14(11-7-3-1-4-8-11)12-9-5-2-6-10-12/h13-14,16H,7-12H2,1-6H3;1-10H,(H,15,16). The normalized spacial score (nSPS) is 13.9. The smallest absolute Gasteiger partial charge is 0.320 e. The summed E-state index contributed by atoms with van der Waals surface area (Å²) in [7, 11) is 0. The van der Waals surface area contributed by atoms with Crippen molar-refractivity contribution in [3.05, 3.63) is 60.7 Å². The average molecular weight is 601 g/mol. The molecule has 0 aliphatic carbocycles. The Labute approximate surface area is 256 Å². The Morgan fingerprint density at radius 2 is 1.41 bits per heavy atom. The van der Waals surface area contributed by atoms with Crippen LogP contribution in [0.15, 0.2) is 60.7 Å². The number of rotatable bonds is 11. The first-order chi connectivity index (χ1) is 19.4. The third kappa shape index (κ3) is 9.57. The van der Waals surface area contributed by atoms with Gasteiger partial charge in [0.15, 0.2) is 5.92 Å². The Morgan fingerprint density at radius 3 is 1.76 bits per heavy atom. The molecule has 1 atom stereocenters. The summed E-state index contributed by atoms with van der Waals surface area (Å²) in [5.41, 5.74) is 1.25. The lowest BCUT2D eigenvalue weighted by molar-refractivity contribution is -0.171. The van der Waals surface area contributed by atoms with E-state index in [1.54, 1.807) is 13.8 Å². The fraction of sp³-hybridized carbons (Fsp3) is 0.500. The van der Waals surface area contributed by atoms with E-state index < -0.39 is 23.3 Å². The molecule has 1 aliphatic heterocycles. The first kappa shape index (κ1) is 34.3. The maximum absolute atomic E-state index is 12.6. The van der Waals surface area contributed by atoms with Crippen molar-refractivity contribution in [1.82, 2.24) is 4.90 Å². The van der Waals surface area contributed by atoms with Crippen LogP contribution in [0.5, 0.6) is 0 Å². The van der Waals surface area contributed by atoms with Gasteiger partial charge in [0, 0.05) is 35.8 Å². The molecule has 1 saturated heterocycles. The molecule has 0 bridgehead atoms. The second kappa shape index (κ2) is 16.5. The summed E-state index contributed by atoms with van der Waals surface area (Å²) in [5.74, 6) is -1.80. The predicted molar refractivity (Wildman–Crippen MR) is 171 cm³/mol. The van der Waals surface area contributed by atoms with Crippen molar-refractivity contribution in [2.75, 3.05) is 24.7 Å². The van der Waals surface area contributed by atoms with Gasteiger partial charge >= 0.3 is 11.9 Å². The van der Waals surface area contributed by atoms with Crippen molar-refractivity contribution < 1.29 is 23.9 Å². The summed E-state index contributed by atoms with van der Waals surface area (Å²) in [6.07, 6.45) is 2.05. The van der Waals surface area contributed by atoms with Crippen LogP contribution in [0.4, 0.5) is 11.4 Å². The first-order valence-electron chi connectivity index (χ1n) is 14.2. The first-order valence-corrected chi connectivity index (χ1v) is 15.1. The Morgan fingerprint density at radius 1 is 0.951 bits per heavy atom. The third-order valence-electron chi connectivity index (χ3n) is 7.05. The quantitative estimate of drug-likeness (QED) is 0.131. The Balaban J connectivity index is 0.000000314. The molecule has 0 aromatic heterocycles. The largest absolute Gasteiger partial charge is 0.465 e. The fourth-order valence-corrected chi connectivity index (χ4v) is 5.59. The lowest BCUT2D eigenvalue weighted by Crippen LogP contribution is -2.54. The minimum absolute atomic E-state index is 0.0881. The van der Waals surface area contributed by atoms with Crippen molar-refractivity contribution in [2.45, 2.75) is 66.8 Å². The molecule has 9 heteroatoms. The van der Waals surface area contributed by atoms with Crippen molar-refractivity contribution in [3.63, 3.8) is 0 Å². The highest BCUT2D eigenvalue weighted by atomic mass is 32.1. The minimum atomic E-state index is -1.05. The Hall–Kier alpha value is -2.91. The van der Waals surface area contributed by atoms with Crippen LogP contribution in [0, 0.1) is 17.3 Å². The molecule has 0 saturated carbocycles. The molecule has 41 heavy (non-hydrogen) atoms. The van der Waals surface area contributed by atoms with Gasteiger partial charge in [0.2, 0.25) is 5.91 Å². The highest BCUT2D eigenvalue weighted by Crippen LogP contribution is 2.40. The zero-order valence-electron chi connectivity index (χ0n) is 25.0. The van der Waals surface area contributed by atoms with Crippen LogP contribution in [-0.4, -0.2) is 52.9 Å². The van der Waals surface area contributed by atoms with E-state index in [-0.39, 0.29) is 25.2 Å². The number of thiocarbonyl (C=S) groups is 1. The maximum Gasteiger partial charge on any atom is 0.320 e. The van der Waals surface area contributed by atoms with Gasteiger partial charge in [-0.05, 0) is 56.9 Å². The van der Waals surface area contributed by atoms with Crippen LogP contribution in [-0.2, 0) is 23.9 Å². The van der Waals surface area contributed by atoms with E-state index in [0.29, 0.717) is 29.6 Å². The number of carbonyl (C=O) groups is 3. The summed E-state index contributed by atoms with van der Waals surface area (Å²) < 4.78 is 10.9. The predicted octanol–water partition coefficient (Wildman–Crippen LogP) is 6.83. The zero-order valence-corrected chi connectivity index (χ0v) is 26.8. The maximum atomic E-state index is 12.6. The summed E-state index contributed by atoms with van der Waals surface area (Å²) >= 11 is 9.44. The molecule has 1 aliphatic rings. The molecule has 0 N–H and O–H groups in total. The van der Waals surface area contributed by atoms with Crippen LogP contribution in [0.1, 0.15) is 60.8 Å². The van der Waals surface area contributed by atoms with Gasteiger partial charge in [0.1, 0.15) is 4.32 Å². The van der Waals surface area contributed by atoms with E-state index in [1.165, 1.54) is 0 Å². The summed E-state index contributed by atoms with van der Waals surface area (Å²) in [5, 5.41) is 0. The van der Waals surface area contributed by atoms with Crippen molar-refractivity contribution in [3.8, 4) is 0 Å². The molecule has 0 spiro atoms. The zero-order chi connectivity index (χ0) is 30.6. The van der Waals surface area contributed by atoms with E-state index in [1.807, 2.05) is 84.3 Å². The highest BCUT2D eigenvalue weighted by Gasteiger charge is 2.51. The van der Waals surface area contributed by atoms with E-state index in [9.17, 15) is 14.4 Å². The lowest BCUT2D eigenvalue weighted by atomic mass is 9.69. The number of amides is 1. The van der Waals surface area contributed by atoms with Crippen LogP contribution >= 0.6 is 24.8 Å². The molecule has 1 amide bonds. The van der Waals surface area contributed by atoms with Gasteiger partial charge in [-0.3, -0.25) is 19.3 Å². The number of carbonyl (C=O) groups excluding carboxylic acids is 3. The van der Waals surface area contributed by atoms with Crippen molar-refractivity contribution in [1.29, 1.82) is 0 Å². The number of ether oxygens (including phenoxy) is 2. The van der Waals surface area contributed by atoms with Crippen molar-refractivity contribution >= 4 is 58.4 Å². The number of para-hydroxylation sites is 2. The molecule has 1 unspecified atom stereocenters. The molecule has 1 fully saturated rings. The number of benzene rings is 2. The summed E-state index contributed by atoms with van der Waals surface area (Å²) in [6.45, 7) is 12.4. The molecule has 3 rings (SSSR count). The second-order valence-electron chi connectivity index (χ2n) is 10.9. The number of thiol groups is 1. The number of hydrogen-bond donors (Lipinski definition) is 1. The molecule has 224 valence electrons. The van der Waals surface area contributed by atoms with Gasteiger partial charge in [-0.15, -0.1) is 12.6 Å². The van der Waals surface area contributed by atoms with Gasteiger partial charge in [-0.25, -0.2) is 0 Å². The van der Waals surface area contributed by atoms with Gasteiger partial charge in [0.25, 0.3) is 0 Å². The molecule has 2 aromatic rings. The number of likely N-dealkylation sites (tertiary alicyclic amines) is 1. The van der Waals surface area contributed by atoms with E-state index in [2.05, 4.69) is 26.5 Å². The summed E-state index contributed by atoms with van der Waals surface area (Å²) in [6, 6.07) is 19.7. The molecule has 0 radical (unpaired) electrons. The number of anilines is 2. The average Bonchev–Trinajstić information content (AvgIpc) is 3.34. The van der Waals surface area contributed by atoms with E-state index in [0.717, 1.165) is 17.8 Å². The van der Waals surface area contributed by atoms with Crippen LogP contribution < -0.4 is 4.90 Å². The van der Waals surface area contributed by atoms with Gasteiger partial charge < -0.3 is 14.4 Å². The van der Waals surface area contributed by atoms with Gasteiger partial charge in [-0.2, -0.15) is 0 Å². The molecule has 2 aromatic carbocycles. The van der Waals surface area contributed by atoms with E-state index >= 15 is 0 Å². The Kier molecular flexibility index (Phi) is 13.8.